The van der Waals surface area contributed by atoms with Crippen molar-refractivity contribution in [1.82, 2.24) is 5.01 Å². The Morgan fingerprint density at radius 1 is 1.20 bits per heavy atom. The summed E-state index contributed by atoms with van der Waals surface area (Å²) in [6, 6.07) is 5.49. The van der Waals surface area contributed by atoms with Crippen molar-refractivity contribution >= 4 is 23.5 Å². The third kappa shape index (κ3) is 2.99. The summed E-state index contributed by atoms with van der Waals surface area (Å²) in [4.78, 5) is 38.1. The van der Waals surface area contributed by atoms with Gasteiger partial charge in [0.1, 0.15) is 6.54 Å². The Morgan fingerprint density at radius 2 is 1.88 bits per heavy atom. The molecule has 0 spiro atoms. The topological polar surface area (TPSA) is 91.6 Å². The van der Waals surface area contributed by atoms with Crippen LogP contribution in [0.2, 0.25) is 0 Å². The summed E-state index contributed by atoms with van der Waals surface area (Å²) in [5.41, 5.74) is 1.62. The van der Waals surface area contributed by atoms with Gasteiger partial charge in [0.25, 0.3) is 11.8 Å². The Labute approximate surface area is 145 Å². The molecule has 1 fully saturated rings. The highest BCUT2D eigenvalue weighted by Crippen LogP contribution is 2.32. The highest BCUT2D eigenvalue weighted by molar-refractivity contribution is 6.25. The lowest BCUT2D eigenvalue weighted by Gasteiger charge is -2.20. The summed E-state index contributed by atoms with van der Waals surface area (Å²) >= 11 is 0. The van der Waals surface area contributed by atoms with Crippen LogP contribution >= 0.6 is 0 Å². The zero-order valence-electron chi connectivity index (χ0n) is 14.4. The predicted molar refractivity (Wildman–Crippen MR) is 88.8 cm³/mol. The number of hydrogen-bond donors (Lipinski definition) is 0. The van der Waals surface area contributed by atoms with Crippen LogP contribution in [0.4, 0.5) is 5.69 Å². The van der Waals surface area contributed by atoms with Crippen LogP contribution < -0.4 is 4.90 Å². The van der Waals surface area contributed by atoms with Gasteiger partial charge in [-0.05, 0) is 30.5 Å². The van der Waals surface area contributed by atoms with Gasteiger partial charge in [0, 0.05) is 0 Å². The minimum Gasteiger partial charge on any atom is -0.465 e. The van der Waals surface area contributed by atoms with E-state index >= 15 is 0 Å². The Kier molecular flexibility index (Phi) is 4.52. The van der Waals surface area contributed by atoms with E-state index in [-0.39, 0.29) is 13.2 Å². The van der Waals surface area contributed by atoms with Crippen molar-refractivity contribution in [3.63, 3.8) is 0 Å². The lowest BCUT2D eigenvalue weighted by molar-refractivity contribution is -0.145. The number of anilines is 1. The van der Waals surface area contributed by atoms with Crippen molar-refractivity contribution in [1.29, 1.82) is 0 Å². The maximum atomic E-state index is 12.8. The third-order valence-electron chi connectivity index (χ3n) is 4.27. The molecule has 0 aromatic heterocycles. The fourth-order valence-electron chi connectivity index (χ4n) is 2.96. The zero-order valence-corrected chi connectivity index (χ0v) is 14.4. The molecule has 132 valence electrons. The SMILES string of the molecule is CCOC(=O)CN1N=N[C@H]2C(=O)N(c3ccc(C(C)C)cc3)C(=O)[C@@H]21. The zero-order chi connectivity index (χ0) is 18.1. The van der Waals surface area contributed by atoms with Gasteiger partial charge in [-0.3, -0.25) is 19.4 Å². The van der Waals surface area contributed by atoms with Crippen LogP contribution in [0, 0.1) is 0 Å². The van der Waals surface area contributed by atoms with Crippen molar-refractivity contribution in [2.24, 2.45) is 10.3 Å². The van der Waals surface area contributed by atoms with E-state index in [0.717, 1.165) is 10.5 Å². The fraction of sp³-hybridized carbons (Fsp3) is 0.471. The van der Waals surface area contributed by atoms with Crippen LogP contribution in [-0.2, 0) is 19.1 Å². The van der Waals surface area contributed by atoms with E-state index in [4.69, 9.17) is 4.74 Å². The molecule has 2 aliphatic heterocycles. The van der Waals surface area contributed by atoms with E-state index < -0.39 is 29.9 Å². The number of carbonyl (C=O) groups is 3. The van der Waals surface area contributed by atoms with Crippen LogP contribution in [0.3, 0.4) is 0 Å². The molecule has 8 nitrogen and oxygen atoms in total. The minimum atomic E-state index is -0.910. The first-order chi connectivity index (χ1) is 11.9. The summed E-state index contributed by atoms with van der Waals surface area (Å²) in [5.74, 6) is -1.02. The van der Waals surface area contributed by atoms with E-state index in [1.165, 1.54) is 5.01 Å². The summed E-state index contributed by atoms with van der Waals surface area (Å²) in [6.45, 7) is 5.86. The highest BCUT2D eigenvalue weighted by Gasteiger charge is 2.55. The second-order valence-electron chi connectivity index (χ2n) is 6.26. The molecule has 2 aliphatic rings. The van der Waals surface area contributed by atoms with E-state index in [1.54, 1.807) is 19.1 Å². The molecule has 1 aromatic carbocycles. The van der Waals surface area contributed by atoms with Crippen LogP contribution in [-0.4, -0.2) is 48.0 Å². The number of fused-ring (bicyclic) bond motifs is 1. The number of carbonyl (C=O) groups excluding carboxylic acids is 3. The standard InChI is InChI=1S/C17H20N4O4/c1-4-25-13(22)9-20-15-14(18-19-20)16(23)21(17(15)24)12-7-5-11(6-8-12)10(2)3/h5-8,10,14-15H,4,9H2,1-3H3/t14-,15-/m1/s1. The molecule has 1 saturated heterocycles. The third-order valence-corrected chi connectivity index (χ3v) is 4.27. The molecule has 25 heavy (non-hydrogen) atoms. The van der Waals surface area contributed by atoms with Crippen LogP contribution in [0.15, 0.2) is 34.6 Å². The minimum absolute atomic E-state index is 0.211. The molecule has 1 aromatic rings. The molecule has 2 heterocycles. The molecule has 8 heteroatoms. The Morgan fingerprint density at radius 3 is 2.48 bits per heavy atom. The molecular formula is C17H20N4O4. The van der Waals surface area contributed by atoms with E-state index in [2.05, 4.69) is 24.2 Å². The second kappa shape index (κ2) is 6.62. The second-order valence-corrected chi connectivity index (χ2v) is 6.26. The lowest BCUT2D eigenvalue weighted by Crippen LogP contribution is -2.42. The van der Waals surface area contributed by atoms with Crippen LogP contribution in [0.1, 0.15) is 32.3 Å². The molecule has 0 radical (unpaired) electrons. The van der Waals surface area contributed by atoms with Crippen molar-refractivity contribution in [2.45, 2.75) is 38.8 Å². The molecule has 0 N–H and O–H groups in total. The smallest absolute Gasteiger partial charge is 0.327 e. The summed E-state index contributed by atoms with van der Waals surface area (Å²) in [6.07, 6.45) is 0. The Hall–Kier alpha value is -2.77. The normalized spacial score (nSPS) is 22.1. The van der Waals surface area contributed by atoms with Gasteiger partial charge in [-0.1, -0.05) is 31.2 Å². The number of esters is 1. The number of benzene rings is 1. The average Bonchev–Trinajstić information content (AvgIpc) is 3.08. The fourth-order valence-corrected chi connectivity index (χ4v) is 2.96. The van der Waals surface area contributed by atoms with Gasteiger partial charge in [-0.15, -0.1) is 0 Å². The van der Waals surface area contributed by atoms with Crippen molar-refractivity contribution < 1.29 is 19.1 Å². The van der Waals surface area contributed by atoms with Gasteiger partial charge in [0.15, 0.2) is 12.1 Å². The average molecular weight is 344 g/mol. The molecule has 0 saturated carbocycles. The molecule has 2 amide bonds. The van der Waals surface area contributed by atoms with Gasteiger partial charge < -0.3 is 4.74 Å². The van der Waals surface area contributed by atoms with E-state index in [9.17, 15) is 14.4 Å². The Bertz CT molecular complexity index is 729. The first-order valence-electron chi connectivity index (χ1n) is 8.24. The number of hydrogen-bond acceptors (Lipinski definition) is 7. The summed E-state index contributed by atoms with van der Waals surface area (Å²) in [7, 11) is 0. The van der Waals surface area contributed by atoms with Gasteiger partial charge in [-0.2, -0.15) is 5.11 Å². The van der Waals surface area contributed by atoms with Gasteiger partial charge in [-0.25, -0.2) is 4.90 Å². The summed E-state index contributed by atoms with van der Waals surface area (Å²) < 4.78 is 4.87. The van der Waals surface area contributed by atoms with Crippen molar-refractivity contribution in [3.8, 4) is 0 Å². The molecule has 2 atom stereocenters. The first kappa shape index (κ1) is 17.1. The van der Waals surface area contributed by atoms with Crippen LogP contribution in [0.25, 0.3) is 0 Å². The maximum absolute atomic E-state index is 12.8. The van der Waals surface area contributed by atoms with E-state index in [1.807, 2.05) is 12.1 Å². The highest BCUT2D eigenvalue weighted by atomic mass is 16.5. The largest absolute Gasteiger partial charge is 0.465 e. The lowest BCUT2D eigenvalue weighted by atomic mass is 10.0. The van der Waals surface area contributed by atoms with Gasteiger partial charge >= 0.3 is 5.97 Å². The number of rotatable bonds is 5. The number of amides is 2. The monoisotopic (exact) mass is 344 g/mol. The molecular weight excluding hydrogens is 324 g/mol. The van der Waals surface area contributed by atoms with Crippen molar-refractivity contribution in [3.05, 3.63) is 29.8 Å². The molecule has 0 aliphatic carbocycles. The van der Waals surface area contributed by atoms with Gasteiger partial charge in [0.2, 0.25) is 0 Å². The number of nitrogens with zero attached hydrogens (tertiary/aromatic N) is 4. The van der Waals surface area contributed by atoms with Gasteiger partial charge in [0.05, 0.1) is 12.3 Å². The summed E-state index contributed by atoms with van der Waals surface area (Å²) in [5, 5.41) is 8.90. The first-order valence-corrected chi connectivity index (χ1v) is 8.24. The maximum Gasteiger partial charge on any atom is 0.327 e. The molecule has 3 rings (SSSR count). The number of imide groups is 1. The number of ether oxygens (including phenoxy) is 1. The van der Waals surface area contributed by atoms with E-state index in [0.29, 0.717) is 11.6 Å². The van der Waals surface area contributed by atoms with Crippen molar-refractivity contribution in [2.75, 3.05) is 18.1 Å². The quantitative estimate of drug-likeness (QED) is 0.598. The molecule has 0 bridgehead atoms. The predicted octanol–water partition coefficient (Wildman–Crippen LogP) is 1.67. The Balaban J connectivity index is 1.81. The molecule has 0 unspecified atom stereocenters. The van der Waals surface area contributed by atoms with Crippen LogP contribution in [0.5, 0.6) is 0 Å².